The molecule has 0 saturated carbocycles. The van der Waals surface area contributed by atoms with Crippen LogP contribution in [0.25, 0.3) is 11.1 Å². The Hall–Kier alpha value is -2.00. The Kier molecular flexibility index (Phi) is 9.78. The number of rotatable bonds is 13. The van der Waals surface area contributed by atoms with Crippen LogP contribution in [-0.2, 0) is 4.74 Å². The number of ether oxygens (including phenoxy) is 3. The van der Waals surface area contributed by atoms with Crippen molar-refractivity contribution in [2.45, 2.75) is 59.0 Å². The average molecular weight is 371 g/mol. The lowest BCUT2D eigenvalue weighted by Gasteiger charge is -2.13. The smallest absolute Gasteiger partial charge is 0.119 e. The Morgan fingerprint density at radius 2 is 1.26 bits per heavy atom. The zero-order chi connectivity index (χ0) is 19.3. The molecule has 0 aliphatic carbocycles. The van der Waals surface area contributed by atoms with Gasteiger partial charge in [-0.1, -0.05) is 56.9 Å². The van der Waals surface area contributed by atoms with Gasteiger partial charge in [0, 0.05) is 6.61 Å². The lowest BCUT2D eigenvalue weighted by Crippen LogP contribution is -2.17. The van der Waals surface area contributed by atoms with Crippen molar-refractivity contribution in [3.05, 3.63) is 48.5 Å². The van der Waals surface area contributed by atoms with Crippen LogP contribution < -0.4 is 9.47 Å². The second-order valence-electron chi connectivity index (χ2n) is 6.89. The molecule has 2 aromatic rings. The highest BCUT2D eigenvalue weighted by Gasteiger charge is 2.04. The first-order valence-corrected chi connectivity index (χ1v) is 10.3. The first kappa shape index (κ1) is 21.3. The van der Waals surface area contributed by atoms with Crippen molar-refractivity contribution in [1.29, 1.82) is 0 Å². The molecule has 0 N–H and O–H groups in total. The summed E-state index contributed by atoms with van der Waals surface area (Å²) in [4.78, 5) is 0. The van der Waals surface area contributed by atoms with Gasteiger partial charge in [0.25, 0.3) is 0 Å². The van der Waals surface area contributed by atoms with Crippen molar-refractivity contribution in [1.82, 2.24) is 0 Å². The first-order valence-electron chi connectivity index (χ1n) is 10.3. The Labute approximate surface area is 164 Å². The summed E-state index contributed by atoms with van der Waals surface area (Å²) in [7, 11) is 0. The molecule has 0 amide bonds. The van der Waals surface area contributed by atoms with Crippen LogP contribution in [0.5, 0.6) is 11.5 Å². The second-order valence-corrected chi connectivity index (χ2v) is 6.89. The molecule has 2 aromatic carbocycles. The van der Waals surface area contributed by atoms with E-state index in [1.807, 2.05) is 26.0 Å². The van der Waals surface area contributed by atoms with Gasteiger partial charge < -0.3 is 14.2 Å². The summed E-state index contributed by atoms with van der Waals surface area (Å²) in [5, 5.41) is 0. The second kappa shape index (κ2) is 12.4. The minimum Gasteiger partial charge on any atom is -0.494 e. The molecule has 0 heterocycles. The maximum Gasteiger partial charge on any atom is 0.119 e. The van der Waals surface area contributed by atoms with Crippen molar-refractivity contribution in [2.24, 2.45) is 0 Å². The Bertz CT molecular complexity index is 619. The summed E-state index contributed by atoms with van der Waals surface area (Å²) in [5.41, 5.74) is 2.35. The molecule has 0 saturated heterocycles. The van der Waals surface area contributed by atoms with Crippen LogP contribution in [0.4, 0.5) is 0 Å². The van der Waals surface area contributed by atoms with Gasteiger partial charge in [-0.25, -0.2) is 0 Å². The normalized spacial score (nSPS) is 12.0. The van der Waals surface area contributed by atoms with Gasteiger partial charge in [-0.15, -0.1) is 0 Å². The van der Waals surface area contributed by atoms with E-state index in [2.05, 4.69) is 43.3 Å². The van der Waals surface area contributed by atoms with Crippen molar-refractivity contribution in [2.75, 3.05) is 19.8 Å². The van der Waals surface area contributed by atoms with Crippen molar-refractivity contribution >= 4 is 0 Å². The fraction of sp³-hybridized carbons (Fsp3) is 0.500. The fourth-order valence-electron chi connectivity index (χ4n) is 2.93. The van der Waals surface area contributed by atoms with Gasteiger partial charge >= 0.3 is 0 Å². The quantitative estimate of drug-likeness (QED) is 0.376. The highest BCUT2D eigenvalue weighted by Crippen LogP contribution is 2.25. The van der Waals surface area contributed by atoms with E-state index in [0.717, 1.165) is 24.5 Å². The summed E-state index contributed by atoms with van der Waals surface area (Å²) in [6.45, 7) is 8.33. The maximum absolute atomic E-state index is 5.84. The van der Waals surface area contributed by atoms with E-state index in [-0.39, 0.29) is 6.10 Å². The monoisotopic (exact) mass is 370 g/mol. The fourth-order valence-corrected chi connectivity index (χ4v) is 2.93. The Morgan fingerprint density at radius 3 is 1.81 bits per heavy atom. The van der Waals surface area contributed by atoms with Gasteiger partial charge in [0.05, 0.1) is 12.7 Å². The predicted molar refractivity (Wildman–Crippen MR) is 113 cm³/mol. The van der Waals surface area contributed by atoms with E-state index >= 15 is 0 Å². The SMILES string of the molecule is CCCCCCCOc1ccc(-c2ccc(OCC(C)OCC)cc2)cc1. The molecular weight excluding hydrogens is 336 g/mol. The Morgan fingerprint density at radius 1 is 0.704 bits per heavy atom. The molecule has 0 aliphatic rings. The molecule has 0 aromatic heterocycles. The third-order valence-electron chi connectivity index (χ3n) is 4.49. The summed E-state index contributed by atoms with van der Waals surface area (Å²) in [6, 6.07) is 16.5. The number of unbranched alkanes of at least 4 members (excludes halogenated alkanes) is 4. The molecule has 1 atom stereocenters. The van der Waals surface area contributed by atoms with E-state index in [9.17, 15) is 0 Å². The van der Waals surface area contributed by atoms with E-state index in [0.29, 0.717) is 13.2 Å². The van der Waals surface area contributed by atoms with Gasteiger partial charge in [-0.2, -0.15) is 0 Å². The molecule has 3 heteroatoms. The minimum absolute atomic E-state index is 0.105. The highest BCUT2D eigenvalue weighted by molar-refractivity contribution is 5.64. The zero-order valence-corrected chi connectivity index (χ0v) is 17.1. The number of benzene rings is 2. The van der Waals surface area contributed by atoms with Crippen LogP contribution in [0.3, 0.4) is 0 Å². The molecule has 27 heavy (non-hydrogen) atoms. The molecule has 2 rings (SSSR count). The van der Waals surface area contributed by atoms with E-state index in [4.69, 9.17) is 14.2 Å². The van der Waals surface area contributed by atoms with Crippen molar-refractivity contribution < 1.29 is 14.2 Å². The van der Waals surface area contributed by atoms with E-state index in [1.165, 1.54) is 36.8 Å². The highest BCUT2D eigenvalue weighted by atomic mass is 16.5. The van der Waals surface area contributed by atoms with Gasteiger partial charge in [0.2, 0.25) is 0 Å². The summed E-state index contributed by atoms with van der Waals surface area (Å²) in [6.07, 6.45) is 6.40. The zero-order valence-electron chi connectivity index (χ0n) is 17.1. The van der Waals surface area contributed by atoms with Crippen LogP contribution in [0.15, 0.2) is 48.5 Å². The van der Waals surface area contributed by atoms with E-state index in [1.54, 1.807) is 0 Å². The molecule has 148 valence electrons. The molecule has 0 spiro atoms. The molecule has 0 aliphatic heterocycles. The molecule has 0 fully saturated rings. The van der Waals surface area contributed by atoms with Crippen LogP contribution in [0.1, 0.15) is 52.9 Å². The van der Waals surface area contributed by atoms with Crippen molar-refractivity contribution in [3.8, 4) is 22.6 Å². The van der Waals surface area contributed by atoms with Crippen LogP contribution in [0.2, 0.25) is 0 Å². The van der Waals surface area contributed by atoms with Gasteiger partial charge in [0.15, 0.2) is 0 Å². The molecule has 1 unspecified atom stereocenters. The van der Waals surface area contributed by atoms with Crippen LogP contribution >= 0.6 is 0 Å². The molecule has 0 bridgehead atoms. The van der Waals surface area contributed by atoms with E-state index < -0.39 is 0 Å². The van der Waals surface area contributed by atoms with Crippen LogP contribution in [-0.4, -0.2) is 25.9 Å². The van der Waals surface area contributed by atoms with Crippen LogP contribution in [0, 0.1) is 0 Å². The summed E-state index contributed by atoms with van der Waals surface area (Å²) in [5.74, 6) is 1.81. The third-order valence-corrected chi connectivity index (χ3v) is 4.49. The largest absolute Gasteiger partial charge is 0.494 e. The predicted octanol–water partition coefficient (Wildman–Crippen LogP) is 6.51. The molecular formula is C24H34O3. The third kappa shape index (κ3) is 8.04. The summed E-state index contributed by atoms with van der Waals surface area (Å²) < 4.78 is 17.1. The van der Waals surface area contributed by atoms with Gasteiger partial charge in [-0.05, 0) is 55.7 Å². The van der Waals surface area contributed by atoms with Crippen molar-refractivity contribution in [3.63, 3.8) is 0 Å². The molecule has 0 radical (unpaired) electrons. The first-order chi connectivity index (χ1) is 13.2. The number of hydrogen-bond donors (Lipinski definition) is 0. The summed E-state index contributed by atoms with van der Waals surface area (Å²) >= 11 is 0. The van der Waals surface area contributed by atoms with Gasteiger partial charge in [-0.3, -0.25) is 0 Å². The lowest BCUT2D eigenvalue weighted by molar-refractivity contribution is 0.0402. The maximum atomic E-state index is 5.84. The standard InChI is InChI=1S/C24H34O3/c1-4-6-7-8-9-18-26-23-14-10-21(11-15-23)22-12-16-24(17-13-22)27-19-20(3)25-5-2/h10-17,20H,4-9,18-19H2,1-3H3. The average Bonchev–Trinajstić information content (AvgIpc) is 2.70. The topological polar surface area (TPSA) is 27.7 Å². The molecule has 3 nitrogen and oxygen atoms in total. The van der Waals surface area contributed by atoms with Gasteiger partial charge in [0.1, 0.15) is 18.1 Å². The minimum atomic E-state index is 0.105. The number of hydrogen-bond acceptors (Lipinski definition) is 3. The lowest BCUT2D eigenvalue weighted by atomic mass is 10.1. The Balaban J connectivity index is 1.78.